The summed E-state index contributed by atoms with van der Waals surface area (Å²) in [7, 11) is 0. The highest BCUT2D eigenvalue weighted by atomic mass is 16.1. The van der Waals surface area contributed by atoms with Crippen molar-refractivity contribution in [3.8, 4) is 0 Å². The molecule has 2 heterocycles. The number of fused-ring (bicyclic) bond motifs is 3. The van der Waals surface area contributed by atoms with Gasteiger partial charge in [0.15, 0.2) is 0 Å². The molecule has 2 aromatic carbocycles. The third-order valence-corrected chi connectivity index (χ3v) is 7.45. The molecule has 1 unspecified atom stereocenters. The molecule has 0 bridgehead atoms. The van der Waals surface area contributed by atoms with Crippen LogP contribution in [0, 0.1) is 12.3 Å². The summed E-state index contributed by atoms with van der Waals surface area (Å²) in [6, 6.07) is 17.2. The van der Waals surface area contributed by atoms with E-state index in [0.717, 1.165) is 57.1 Å². The van der Waals surface area contributed by atoms with Crippen LogP contribution in [0.3, 0.4) is 0 Å². The molecule has 1 amide bonds. The molecule has 5 nitrogen and oxygen atoms in total. The zero-order valence-electron chi connectivity index (χ0n) is 21.3. The van der Waals surface area contributed by atoms with Crippen molar-refractivity contribution >= 4 is 33.4 Å². The summed E-state index contributed by atoms with van der Waals surface area (Å²) in [5.74, 6) is 0.579. The Morgan fingerprint density at radius 3 is 2.89 bits per heavy atom. The fourth-order valence-corrected chi connectivity index (χ4v) is 5.51. The number of hydrogen-bond donors (Lipinski definition) is 3. The van der Waals surface area contributed by atoms with Gasteiger partial charge in [0.25, 0.3) is 0 Å². The Balaban J connectivity index is 1.21. The second kappa shape index (κ2) is 11.6. The van der Waals surface area contributed by atoms with Gasteiger partial charge in [-0.1, -0.05) is 24.3 Å². The minimum atomic E-state index is 0.0478. The SMILES string of the molecule is CC(=O)NCCC(C[CH]c1ccc2[nH]ccc2c1)CCCNc1c2c(nc3ccccc13)CCCC2. The fourth-order valence-electron chi connectivity index (χ4n) is 5.51. The molecule has 1 radical (unpaired) electrons. The first-order valence-electron chi connectivity index (χ1n) is 13.5. The van der Waals surface area contributed by atoms with Crippen molar-refractivity contribution in [1.82, 2.24) is 15.3 Å². The minimum absolute atomic E-state index is 0.0478. The van der Waals surface area contributed by atoms with E-state index in [9.17, 15) is 4.79 Å². The van der Waals surface area contributed by atoms with Crippen molar-refractivity contribution < 1.29 is 4.79 Å². The lowest BCUT2D eigenvalue weighted by molar-refractivity contribution is -0.119. The van der Waals surface area contributed by atoms with Gasteiger partial charge in [-0.05, 0) is 104 Å². The lowest BCUT2D eigenvalue weighted by Crippen LogP contribution is -2.23. The molecule has 2 aromatic heterocycles. The van der Waals surface area contributed by atoms with Gasteiger partial charge < -0.3 is 15.6 Å². The van der Waals surface area contributed by atoms with Gasteiger partial charge in [-0.15, -0.1) is 0 Å². The molecular weight excluding hydrogens is 444 g/mol. The molecule has 1 atom stereocenters. The largest absolute Gasteiger partial charge is 0.384 e. The number of aromatic nitrogens is 2. The number of aryl methyl sites for hydroxylation is 1. The molecule has 0 saturated carbocycles. The number of carbonyl (C=O) groups is 1. The number of rotatable bonds is 11. The maximum absolute atomic E-state index is 11.4. The zero-order valence-corrected chi connectivity index (χ0v) is 21.3. The topological polar surface area (TPSA) is 69.8 Å². The molecular formula is C31H37N4O. The van der Waals surface area contributed by atoms with Crippen molar-refractivity contribution in [1.29, 1.82) is 0 Å². The van der Waals surface area contributed by atoms with Crippen LogP contribution in [0.25, 0.3) is 21.8 Å². The van der Waals surface area contributed by atoms with Crippen molar-refractivity contribution in [2.45, 2.75) is 58.3 Å². The molecule has 0 spiro atoms. The Kier molecular flexibility index (Phi) is 7.85. The summed E-state index contributed by atoms with van der Waals surface area (Å²) in [4.78, 5) is 19.6. The van der Waals surface area contributed by atoms with Gasteiger partial charge in [0, 0.05) is 48.5 Å². The van der Waals surface area contributed by atoms with Gasteiger partial charge in [0.1, 0.15) is 0 Å². The first-order valence-corrected chi connectivity index (χ1v) is 13.5. The lowest BCUT2D eigenvalue weighted by atomic mass is 9.91. The van der Waals surface area contributed by atoms with E-state index in [-0.39, 0.29) is 5.91 Å². The Morgan fingerprint density at radius 1 is 1.08 bits per heavy atom. The van der Waals surface area contributed by atoms with Gasteiger partial charge in [-0.3, -0.25) is 9.78 Å². The number of para-hydroxylation sites is 1. The second-order valence-electron chi connectivity index (χ2n) is 10.1. The molecule has 0 aliphatic heterocycles. The van der Waals surface area contributed by atoms with Crippen molar-refractivity contribution in [3.63, 3.8) is 0 Å². The molecule has 0 saturated heterocycles. The second-order valence-corrected chi connectivity index (χ2v) is 10.1. The predicted octanol–water partition coefficient (Wildman–Crippen LogP) is 6.57. The number of aromatic amines is 1. The fraction of sp³-hybridized carbons (Fsp3) is 0.387. The lowest BCUT2D eigenvalue weighted by Gasteiger charge is -2.22. The number of H-pyrrole nitrogens is 1. The van der Waals surface area contributed by atoms with Crippen LogP contribution in [0.4, 0.5) is 5.69 Å². The number of carbonyl (C=O) groups excluding carboxylic acids is 1. The van der Waals surface area contributed by atoms with Crippen LogP contribution in [-0.4, -0.2) is 29.0 Å². The van der Waals surface area contributed by atoms with Crippen LogP contribution in [0.2, 0.25) is 0 Å². The number of nitrogens with one attached hydrogen (secondary N) is 3. The van der Waals surface area contributed by atoms with Gasteiger partial charge in [-0.2, -0.15) is 0 Å². The zero-order chi connectivity index (χ0) is 24.7. The van der Waals surface area contributed by atoms with Crippen LogP contribution < -0.4 is 10.6 Å². The monoisotopic (exact) mass is 481 g/mol. The van der Waals surface area contributed by atoms with Gasteiger partial charge in [-0.25, -0.2) is 0 Å². The van der Waals surface area contributed by atoms with Crippen molar-refractivity contribution in [3.05, 3.63) is 78.0 Å². The molecule has 5 heteroatoms. The molecule has 36 heavy (non-hydrogen) atoms. The van der Waals surface area contributed by atoms with Crippen molar-refractivity contribution in [2.24, 2.45) is 5.92 Å². The summed E-state index contributed by atoms with van der Waals surface area (Å²) in [5, 5.41) is 9.29. The van der Waals surface area contributed by atoms with Crippen LogP contribution in [-0.2, 0) is 17.6 Å². The van der Waals surface area contributed by atoms with Gasteiger partial charge >= 0.3 is 0 Å². The number of pyridine rings is 1. The normalized spacial score (nSPS) is 14.0. The number of hydrogen-bond acceptors (Lipinski definition) is 3. The molecule has 1 aliphatic rings. The first kappa shape index (κ1) is 24.4. The van der Waals surface area contributed by atoms with E-state index >= 15 is 0 Å². The molecule has 187 valence electrons. The highest BCUT2D eigenvalue weighted by Gasteiger charge is 2.18. The minimum Gasteiger partial charge on any atom is -0.384 e. The average Bonchev–Trinajstić information content (AvgIpc) is 3.36. The Bertz CT molecular complexity index is 1320. The smallest absolute Gasteiger partial charge is 0.216 e. The molecule has 1 aliphatic carbocycles. The van der Waals surface area contributed by atoms with E-state index in [0.29, 0.717) is 5.92 Å². The van der Waals surface area contributed by atoms with Gasteiger partial charge in [0.2, 0.25) is 5.91 Å². The number of benzene rings is 2. The van der Waals surface area contributed by atoms with Crippen LogP contribution in [0.15, 0.2) is 54.7 Å². The third-order valence-electron chi connectivity index (χ3n) is 7.45. The highest BCUT2D eigenvalue weighted by Crippen LogP contribution is 2.33. The van der Waals surface area contributed by atoms with E-state index in [1.54, 1.807) is 6.92 Å². The molecule has 0 fully saturated rings. The predicted molar refractivity (Wildman–Crippen MR) is 149 cm³/mol. The number of amides is 1. The average molecular weight is 482 g/mol. The highest BCUT2D eigenvalue weighted by molar-refractivity contribution is 5.93. The standard InChI is InChI=1S/C31H37N4O/c1-22(36)32-19-16-23(12-13-24-14-15-28-25(21-24)17-20-33-28)7-6-18-34-31-26-8-2-4-10-29(26)35-30-11-5-3-9-27(30)31/h2,4,8,10,13-15,17,20-21,23,33H,3,5-7,9,11-12,16,18-19H2,1H3,(H,32,36)(H,34,35). The summed E-state index contributed by atoms with van der Waals surface area (Å²) in [6.45, 7) is 3.28. The number of nitrogens with zero attached hydrogens (tertiary/aromatic N) is 1. The summed E-state index contributed by atoms with van der Waals surface area (Å²) >= 11 is 0. The first-order chi connectivity index (χ1) is 17.7. The van der Waals surface area contributed by atoms with Crippen LogP contribution >= 0.6 is 0 Å². The maximum Gasteiger partial charge on any atom is 0.216 e. The Labute approximate surface area is 214 Å². The van der Waals surface area contributed by atoms with E-state index in [2.05, 4.69) is 70.6 Å². The maximum atomic E-state index is 11.4. The summed E-state index contributed by atoms with van der Waals surface area (Å²) in [5.41, 5.74) is 7.55. The number of anilines is 1. The van der Waals surface area contributed by atoms with Crippen molar-refractivity contribution in [2.75, 3.05) is 18.4 Å². The molecule has 5 rings (SSSR count). The Hall–Kier alpha value is -3.34. The van der Waals surface area contributed by atoms with E-state index in [4.69, 9.17) is 4.98 Å². The quantitative estimate of drug-likeness (QED) is 0.212. The molecule has 4 aromatic rings. The third kappa shape index (κ3) is 5.89. The Morgan fingerprint density at radius 2 is 1.97 bits per heavy atom. The van der Waals surface area contributed by atoms with Gasteiger partial charge in [0.05, 0.1) is 5.52 Å². The van der Waals surface area contributed by atoms with E-state index < -0.39 is 0 Å². The summed E-state index contributed by atoms with van der Waals surface area (Å²) < 4.78 is 0. The van der Waals surface area contributed by atoms with Crippen LogP contribution in [0.1, 0.15) is 62.3 Å². The molecule has 3 N–H and O–H groups in total. The summed E-state index contributed by atoms with van der Waals surface area (Å²) in [6.07, 6.45) is 13.3. The van der Waals surface area contributed by atoms with E-state index in [1.807, 2.05) is 6.20 Å². The van der Waals surface area contributed by atoms with Crippen LogP contribution in [0.5, 0.6) is 0 Å². The van der Waals surface area contributed by atoms with E-state index in [1.165, 1.54) is 51.6 Å².